The molecule has 1 aliphatic carbocycles. The predicted molar refractivity (Wildman–Crippen MR) is 118 cm³/mol. The van der Waals surface area contributed by atoms with E-state index in [1.54, 1.807) is 6.33 Å². The van der Waals surface area contributed by atoms with Gasteiger partial charge in [-0.2, -0.15) is 0 Å². The summed E-state index contributed by atoms with van der Waals surface area (Å²) >= 11 is 0. The summed E-state index contributed by atoms with van der Waals surface area (Å²) in [6, 6.07) is 0.420. The van der Waals surface area contributed by atoms with Gasteiger partial charge in [0.1, 0.15) is 6.33 Å². The predicted octanol–water partition coefficient (Wildman–Crippen LogP) is 1.77. The van der Waals surface area contributed by atoms with Crippen molar-refractivity contribution in [2.24, 2.45) is 5.92 Å². The van der Waals surface area contributed by atoms with Crippen molar-refractivity contribution in [3.05, 3.63) is 12.7 Å². The summed E-state index contributed by atoms with van der Waals surface area (Å²) in [5.41, 5.74) is 1.91. The van der Waals surface area contributed by atoms with Crippen molar-refractivity contribution in [3.8, 4) is 0 Å². The quantitative estimate of drug-likeness (QED) is 0.741. The third-order valence-corrected chi connectivity index (χ3v) is 7.12. The number of piperidine rings is 1. The van der Waals surface area contributed by atoms with Crippen LogP contribution in [-0.4, -0.2) is 92.9 Å². The molecule has 0 spiro atoms. The Balaban J connectivity index is 1.25. The van der Waals surface area contributed by atoms with Crippen molar-refractivity contribution in [2.45, 2.75) is 51.2 Å². The molecule has 1 atom stereocenters. The number of hydrogen-bond acceptors (Lipinski definition) is 7. The molecule has 0 bridgehead atoms. The molecule has 0 amide bonds. The lowest BCUT2D eigenvalue weighted by atomic mass is 10.0. The molecule has 2 aliphatic heterocycles. The van der Waals surface area contributed by atoms with Crippen LogP contribution in [0.15, 0.2) is 12.7 Å². The Hall–Kier alpha value is -1.77. The zero-order valence-corrected chi connectivity index (χ0v) is 18.2. The number of β-amino-alcohol motifs (C(OH)–C–C–N with tert-alkyl or cyclic N) is 1. The lowest BCUT2D eigenvalue weighted by molar-refractivity contribution is 0.0885. The minimum Gasteiger partial charge on any atom is -0.392 e. The summed E-state index contributed by atoms with van der Waals surface area (Å²) in [5.74, 6) is 1.95. The highest BCUT2D eigenvalue weighted by Crippen LogP contribution is 2.31. The molecule has 0 aromatic carbocycles. The fraction of sp³-hybridized carbons (Fsp3) is 0.773. The Morgan fingerprint density at radius 1 is 0.967 bits per heavy atom. The largest absolute Gasteiger partial charge is 0.392 e. The minimum atomic E-state index is -0.212. The Morgan fingerprint density at radius 2 is 1.73 bits per heavy atom. The summed E-state index contributed by atoms with van der Waals surface area (Å²) < 4.78 is 2.26. The first kappa shape index (κ1) is 20.2. The smallest absolute Gasteiger partial charge is 0.165 e. The van der Waals surface area contributed by atoms with Crippen LogP contribution in [0.1, 0.15) is 45.1 Å². The van der Waals surface area contributed by atoms with Gasteiger partial charge in [0, 0.05) is 58.4 Å². The van der Waals surface area contributed by atoms with Crippen LogP contribution in [0.3, 0.4) is 0 Å². The first-order valence-corrected chi connectivity index (χ1v) is 11.8. The van der Waals surface area contributed by atoms with E-state index in [1.807, 2.05) is 13.3 Å². The van der Waals surface area contributed by atoms with Crippen LogP contribution in [0.4, 0.5) is 5.82 Å². The van der Waals surface area contributed by atoms with E-state index in [-0.39, 0.29) is 6.10 Å². The molecule has 2 saturated heterocycles. The SMILES string of the molecule is CCC(O)CN1CCC(n2cnc3c(N4CCN(CC5CC5)CC4)ncnc32)CC1. The Bertz CT molecular complexity index is 835. The van der Waals surface area contributed by atoms with Gasteiger partial charge in [0.05, 0.1) is 12.4 Å². The van der Waals surface area contributed by atoms with E-state index < -0.39 is 0 Å². The maximum absolute atomic E-state index is 9.94. The second-order valence-corrected chi connectivity index (χ2v) is 9.35. The van der Waals surface area contributed by atoms with E-state index in [1.165, 1.54) is 19.4 Å². The molecule has 30 heavy (non-hydrogen) atoms. The van der Waals surface area contributed by atoms with E-state index in [0.717, 1.165) is 88.0 Å². The van der Waals surface area contributed by atoms with Crippen molar-refractivity contribution < 1.29 is 5.11 Å². The number of piperazine rings is 1. The highest BCUT2D eigenvalue weighted by Gasteiger charge is 2.28. The molecule has 0 radical (unpaired) electrons. The highest BCUT2D eigenvalue weighted by molar-refractivity contribution is 5.83. The molecule has 5 rings (SSSR count). The molecule has 4 heterocycles. The van der Waals surface area contributed by atoms with Crippen molar-refractivity contribution >= 4 is 17.0 Å². The number of aliphatic hydroxyl groups is 1. The van der Waals surface area contributed by atoms with Gasteiger partial charge >= 0.3 is 0 Å². The van der Waals surface area contributed by atoms with Gasteiger partial charge < -0.3 is 19.5 Å². The van der Waals surface area contributed by atoms with E-state index in [9.17, 15) is 5.11 Å². The van der Waals surface area contributed by atoms with Gasteiger partial charge in [0.15, 0.2) is 17.0 Å². The third-order valence-electron chi connectivity index (χ3n) is 7.12. The molecule has 164 valence electrons. The van der Waals surface area contributed by atoms with E-state index in [0.29, 0.717) is 6.04 Å². The van der Waals surface area contributed by atoms with Crippen molar-refractivity contribution in [1.29, 1.82) is 0 Å². The fourth-order valence-electron chi connectivity index (χ4n) is 4.95. The normalized spacial score (nSPS) is 23.3. The van der Waals surface area contributed by atoms with Crippen molar-refractivity contribution in [2.75, 3.05) is 57.3 Å². The van der Waals surface area contributed by atoms with E-state index in [2.05, 4.69) is 29.2 Å². The summed E-state index contributed by atoms with van der Waals surface area (Å²) in [7, 11) is 0. The van der Waals surface area contributed by atoms with Gasteiger partial charge in [-0.15, -0.1) is 0 Å². The number of nitrogens with zero attached hydrogens (tertiary/aromatic N) is 7. The van der Waals surface area contributed by atoms with Crippen molar-refractivity contribution in [1.82, 2.24) is 29.3 Å². The first-order chi connectivity index (χ1) is 14.7. The monoisotopic (exact) mass is 413 g/mol. The van der Waals surface area contributed by atoms with Crippen LogP contribution in [-0.2, 0) is 0 Å². The molecule has 1 N–H and O–H groups in total. The second-order valence-electron chi connectivity index (χ2n) is 9.35. The average molecular weight is 414 g/mol. The molecule has 2 aromatic heterocycles. The van der Waals surface area contributed by atoms with Gasteiger partial charge in [-0.1, -0.05) is 6.92 Å². The number of fused-ring (bicyclic) bond motifs is 1. The second kappa shape index (κ2) is 8.77. The van der Waals surface area contributed by atoms with Crippen LogP contribution in [0, 0.1) is 5.92 Å². The molecule has 3 fully saturated rings. The van der Waals surface area contributed by atoms with Crippen LogP contribution < -0.4 is 4.90 Å². The Morgan fingerprint density at radius 3 is 2.43 bits per heavy atom. The Kier molecular flexibility index (Phi) is 5.89. The maximum Gasteiger partial charge on any atom is 0.165 e. The molecule has 3 aliphatic rings. The van der Waals surface area contributed by atoms with Gasteiger partial charge in [-0.3, -0.25) is 4.90 Å². The van der Waals surface area contributed by atoms with Gasteiger partial charge in [-0.25, -0.2) is 15.0 Å². The standard InChI is InChI=1S/C22H35N7O/c1-2-19(30)14-26-7-5-18(6-8-26)29-16-25-20-21(23-15-24-22(20)29)28-11-9-27(10-12-28)13-17-3-4-17/h15-19,30H,2-14H2,1H3. The summed E-state index contributed by atoms with van der Waals surface area (Å²) in [4.78, 5) is 21.4. The topological polar surface area (TPSA) is 73.6 Å². The Labute approximate surface area is 178 Å². The number of hydrogen-bond donors (Lipinski definition) is 1. The molecule has 8 heteroatoms. The summed E-state index contributed by atoms with van der Waals surface area (Å²) in [6.45, 7) is 10.4. The molecular weight excluding hydrogens is 378 g/mol. The number of aliphatic hydroxyl groups excluding tert-OH is 1. The third kappa shape index (κ3) is 4.31. The van der Waals surface area contributed by atoms with Crippen LogP contribution in [0.2, 0.25) is 0 Å². The highest BCUT2D eigenvalue weighted by atomic mass is 16.3. The molecule has 2 aromatic rings. The number of anilines is 1. The summed E-state index contributed by atoms with van der Waals surface area (Å²) in [5, 5.41) is 9.94. The minimum absolute atomic E-state index is 0.212. The first-order valence-electron chi connectivity index (χ1n) is 11.8. The lowest BCUT2D eigenvalue weighted by Gasteiger charge is -2.35. The zero-order valence-electron chi connectivity index (χ0n) is 18.2. The summed E-state index contributed by atoms with van der Waals surface area (Å²) in [6.07, 6.45) is 9.26. The van der Waals surface area contributed by atoms with Gasteiger partial charge in [0.2, 0.25) is 0 Å². The molecule has 1 saturated carbocycles. The number of likely N-dealkylation sites (tertiary alicyclic amines) is 1. The number of aromatic nitrogens is 4. The van der Waals surface area contributed by atoms with E-state index in [4.69, 9.17) is 4.98 Å². The van der Waals surface area contributed by atoms with Crippen molar-refractivity contribution in [3.63, 3.8) is 0 Å². The molecule has 1 unspecified atom stereocenters. The van der Waals surface area contributed by atoms with Gasteiger partial charge in [-0.05, 0) is 38.0 Å². The molecule has 8 nitrogen and oxygen atoms in total. The number of imidazole rings is 1. The molecular formula is C22H35N7O. The number of rotatable bonds is 7. The average Bonchev–Trinajstić information content (AvgIpc) is 3.49. The van der Waals surface area contributed by atoms with Crippen LogP contribution in [0.25, 0.3) is 11.2 Å². The fourth-order valence-corrected chi connectivity index (χ4v) is 4.95. The maximum atomic E-state index is 9.94. The van der Waals surface area contributed by atoms with Gasteiger partial charge in [0.25, 0.3) is 0 Å². The van der Waals surface area contributed by atoms with Crippen LogP contribution >= 0.6 is 0 Å². The van der Waals surface area contributed by atoms with Crippen LogP contribution in [0.5, 0.6) is 0 Å². The van der Waals surface area contributed by atoms with E-state index >= 15 is 0 Å². The lowest BCUT2D eigenvalue weighted by Crippen LogP contribution is -2.47. The zero-order chi connectivity index (χ0) is 20.5.